The summed E-state index contributed by atoms with van der Waals surface area (Å²) >= 11 is 5.38. The standard InChI is InChI=1S/C16H16N4OS/c1-20-10-17-15-12(7-5-8-13(15)20)19-16(22)18-11-6-3-4-9-14(11)21-2/h3-10H,1-2H3,(H2,18,19,22). The van der Waals surface area contributed by atoms with Crippen molar-refractivity contribution >= 4 is 39.7 Å². The van der Waals surface area contributed by atoms with E-state index in [1.807, 2.05) is 54.1 Å². The zero-order chi connectivity index (χ0) is 15.5. The Balaban J connectivity index is 1.81. The molecule has 0 bridgehead atoms. The zero-order valence-electron chi connectivity index (χ0n) is 12.3. The number of aromatic nitrogens is 2. The molecule has 1 heterocycles. The lowest BCUT2D eigenvalue weighted by atomic mass is 10.2. The predicted molar refractivity (Wildman–Crippen MR) is 93.6 cm³/mol. The molecule has 0 radical (unpaired) electrons. The van der Waals surface area contributed by atoms with Crippen LogP contribution in [0.3, 0.4) is 0 Å². The van der Waals surface area contributed by atoms with Crippen LogP contribution >= 0.6 is 12.2 Å². The second kappa shape index (κ2) is 6.03. The van der Waals surface area contributed by atoms with Gasteiger partial charge in [0.25, 0.3) is 0 Å². The van der Waals surface area contributed by atoms with Crippen LogP contribution < -0.4 is 15.4 Å². The molecular formula is C16H16N4OS. The van der Waals surface area contributed by atoms with Crippen molar-refractivity contribution in [3.8, 4) is 5.75 Å². The topological polar surface area (TPSA) is 51.1 Å². The van der Waals surface area contributed by atoms with Crippen LogP contribution in [0.2, 0.25) is 0 Å². The van der Waals surface area contributed by atoms with Gasteiger partial charge in [-0.05, 0) is 36.5 Å². The van der Waals surface area contributed by atoms with E-state index in [0.29, 0.717) is 5.11 Å². The molecule has 0 saturated heterocycles. The second-order valence-electron chi connectivity index (χ2n) is 4.81. The van der Waals surface area contributed by atoms with E-state index in [1.165, 1.54) is 0 Å². The molecule has 1 aromatic heterocycles. The lowest BCUT2D eigenvalue weighted by Gasteiger charge is -2.13. The van der Waals surface area contributed by atoms with Gasteiger partial charge < -0.3 is 19.9 Å². The summed E-state index contributed by atoms with van der Waals surface area (Å²) in [6.45, 7) is 0. The minimum Gasteiger partial charge on any atom is -0.495 e. The third kappa shape index (κ3) is 2.73. The molecule has 0 fully saturated rings. The highest BCUT2D eigenvalue weighted by Crippen LogP contribution is 2.24. The number of hydrogen-bond acceptors (Lipinski definition) is 3. The van der Waals surface area contributed by atoms with Gasteiger partial charge in [0.2, 0.25) is 0 Å². The number of rotatable bonds is 3. The van der Waals surface area contributed by atoms with E-state index in [-0.39, 0.29) is 0 Å². The number of nitrogens with zero attached hydrogens (tertiary/aromatic N) is 2. The Bertz CT molecular complexity index is 828. The maximum atomic E-state index is 5.38. The molecular weight excluding hydrogens is 296 g/mol. The van der Waals surface area contributed by atoms with Crippen molar-refractivity contribution < 1.29 is 4.74 Å². The van der Waals surface area contributed by atoms with Crippen LogP contribution in [0.25, 0.3) is 11.0 Å². The molecule has 0 aliphatic heterocycles. The third-order valence-corrected chi connectivity index (χ3v) is 3.56. The second-order valence-corrected chi connectivity index (χ2v) is 5.22. The van der Waals surface area contributed by atoms with Crippen LogP contribution in [0.15, 0.2) is 48.8 Å². The normalized spacial score (nSPS) is 10.5. The number of imidazole rings is 1. The summed E-state index contributed by atoms with van der Waals surface area (Å²) in [5, 5.41) is 6.82. The largest absolute Gasteiger partial charge is 0.495 e. The summed E-state index contributed by atoms with van der Waals surface area (Å²) in [5.74, 6) is 0.739. The van der Waals surface area contributed by atoms with E-state index >= 15 is 0 Å². The molecule has 112 valence electrons. The highest BCUT2D eigenvalue weighted by molar-refractivity contribution is 7.80. The van der Waals surface area contributed by atoms with Gasteiger partial charge in [0.05, 0.1) is 30.3 Å². The molecule has 2 N–H and O–H groups in total. The van der Waals surface area contributed by atoms with Gasteiger partial charge in [0.15, 0.2) is 5.11 Å². The Labute approximate surface area is 133 Å². The molecule has 0 aliphatic carbocycles. The number of anilines is 2. The highest BCUT2D eigenvalue weighted by atomic mass is 32.1. The number of fused-ring (bicyclic) bond motifs is 1. The Morgan fingerprint density at radius 2 is 1.82 bits per heavy atom. The molecule has 0 unspecified atom stereocenters. The van der Waals surface area contributed by atoms with Gasteiger partial charge in [-0.3, -0.25) is 0 Å². The van der Waals surface area contributed by atoms with Crippen molar-refractivity contribution in [2.45, 2.75) is 0 Å². The van der Waals surface area contributed by atoms with E-state index in [9.17, 15) is 0 Å². The summed E-state index contributed by atoms with van der Waals surface area (Å²) in [6.07, 6.45) is 1.78. The van der Waals surface area contributed by atoms with Crippen molar-refractivity contribution in [3.63, 3.8) is 0 Å². The summed E-state index contributed by atoms with van der Waals surface area (Å²) in [6, 6.07) is 13.6. The number of para-hydroxylation sites is 3. The van der Waals surface area contributed by atoms with Gasteiger partial charge in [0.1, 0.15) is 11.3 Å². The molecule has 3 rings (SSSR count). The Morgan fingerprint density at radius 1 is 1.09 bits per heavy atom. The van der Waals surface area contributed by atoms with Gasteiger partial charge in [-0.25, -0.2) is 4.98 Å². The first kappa shape index (κ1) is 14.3. The number of nitrogens with one attached hydrogen (secondary N) is 2. The van der Waals surface area contributed by atoms with Crippen LogP contribution in [0, 0.1) is 0 Å². The molecule has 0 saturated carbocycles. The molecule has 2 aromatic carbocycles. The molecule has 0 aliphatic rings. The van der Waals surface area contributed by atoms with Crippen LogP contribution in [0.1, 0.15) is 0 Å². The predicted octanol–water partition coefficient (Wildman–Crippen LogP) is 3.39. The quantitative estimate of drug-likeness (QED) is 0.726. The maximum Gasteiger partial charge on any atom is 0.175 e. The molecule has 6 heteroatoms. The smallest absolute Gasteiger partial charge is 0.175 e. The summed E-state index contributed by atoms with van der Waals surface area (Å²) in [7, 11) is 3.59. The van der Waals surface area contributed by atoms with Gasteiger partial charge in [0, 0.05) is 7.05 Å². The van der Waals surface area contributed by atoms with Crippen molar-refractivity contribution in [2.75, 3.05) is 17.7 Å². The van der Waals surface area contributed by atoms with Gasteiger partial charge >= 0.3 is 0 Å². The molecule has 22 heavy (non-hydrogen) atoms. The van der Waals surface area contributed by atoms with Crippen molar-refractivity contribution in [1.82, 2.24) is 9.55 Å². The minimum absolute atomic E-state index is 0.489. The van der Waals surface area contributed by atoms with Crippen LogP contribution in [-0.4, -0.2) is 21.8 Å². The summed E-state index contributed by atoms with van der Waals surface area (Å²) < 4.78 is 7.27. The number of thiocarbonyl (C=S) groups is 1. The fourth-order valence-corrected chi connectivity index (χ4v) is 2.50. The number of benzene rings is 2. The summed E-state index contributed by atoms with van der Waals surface area (Å²) in [5.41, 5.74) is 3.61. The first-order valence-electron chi connectivity index (χ1n) is 6.80. The zero-order valence-corrected chi connectivity index (χ0v) is 13.1. The average Bonchev–Trinajstić information content (AvgIpc) is 2.90. The average molecular weight is 312 g/mol. The molecule has 0 atom stereocenters. The first-order valence-corrected chi connectivity index (χ1v) is 7.21. The lowest BCUT2D eigenvalue weighted by Crippen LogP contribution is -2.19. The van der Waals surface area contributed by atoms with Crippen molar-refractivity contribution in [3.05, 3.63) is 48.8 Å². The highest BCUT2D eigenvalue weighted by Gasteiger charge is 2.08. The van der Waals surface area contributed by atoms with Gasteiger partial charge in [-0.2, -0.15) is 0 Å². The van der Waals surface area contributed by atoms with E-state index in [4.69, 9.17) is 17.0 Å². The Hall–Kier alpha value is -2.60. The maximum absolute atomic E-state index is 5.38. The number of hydrogen-bond donors (Lipinski definition) is 2. The van der Waals surface area contributed by atoms with E-state index in [1.54, 1.807) is 13.4 Å². The van der Waals surface area contributed by atoms with Crippen molar-refractivity contribution in [1.29, 1.82) is 0 Å². The number of aryl methyl sites for hydroxylation is 1. The fraction of sp³-hybridized carbons (Fsp3) is 0.125. The van der Waals surface area contributed by atoms with Crippen molar-refractivity contribution in [2.24, 2.45) is 7.05 Å². The third-order valence-electron chi connectivity index (χ3n) is 3.36. The lowest BCUT2D eigenvalue weighted by molar-refractivity contribution is 0.417. The first-order chi connectivity index (χ1) is 10.7. The van der Waals surface area contributed by atoms with Gasteiger partial charge in [-0.15, -0.1) is 0 Å². The van der Waals surface area contributed by atoms with Crippen LogP contribution in [0.4, 0.5) is 11.4 Å². The SMILES string of the molecule is COc1ccccc1NC(=S)Nc1cccc2c1ncn2C. The fourth-order valence-electron chi connectivity index (χ4n) is 2.28. The summed E-state index contributed by atoms with van der Waals surface area (Å²) in [4.78, 5) is 4.40. The number of ether oxygens (including phenoxy) is 1. The van der Waals surface area contributed by atoms with E-state index in [2.05, 4.69) is 15.6 Å². The number of methoxy groups -OCH3 is 1. The molecule has 0 spiro atoms. The minimum atomic E-state index is 0.489. The monoisotopic (exact) mass is 312 g/mol. The van der Waals surface area contributed by atoms with Crippen LogP contribution in [0.5, 0.6) is 5.75 Å². The molecule has 0 amide bonds. The van der Waals surface area contributed by atoms with Crippen LogP contribution in [-0.2, 0) is 7.05 Å². The molecule has 5 nitrogen and oxygen atoms in total. The Kier molecular flexibility index (Phi) is 3.93. The van der Waals surface area contributed by atoms with Gasteiger partial charge in [-0.1, -0.05) is 18.2 Å². The molecule has 3 aromatic rings. The Morgan fingerprint density at radius 3 is 2.64 bits per heavy atom. The van der Waals surface area contributed by atoms with E-state index < -0.39 is 0 Å². The van der Waals surface area contributed by atoms with E-state index in [0.717, 1.165) is 28.2 Å².